The summed E-state index contributed by atoms with van der Waals surface area (Å²) in [5.74, 6) is 0. The van der Waals surface area contributed by atoms with Gasteiger partial charge in [-0.25, -0.2) is 8.78 Å². The molecular formula is C8H7BrF2N2. The standard InChI is InChI=1S/C8H7BrF2N2/c9-7(8(10)11)13-12-6-4-2-1-3-5-6/h1-5,8,12H/b13-7-. The number of halogens is 3. The van der Waals surface area contributed by atoms with Crippen LogP contribution in [0, 0.1) is 0 Å². The molecule has 0 bridgehead atoms. The number of para-hydroxylation sites is 1. The topological polar surface area (TPSA) is 24.4 Å². The fraction of sp³-hybridized carbons (Fsp3) is 0.125. The third kappa shape index (κ3) is 3.50. The van der Waals surface area contributed by atoms with Gasteiger partial charge in [0.2, 0.25) is 0 Å². The minimum atomic E-state index is -2.59. The van der Waals surface area contributed by atoms with Gasteiger partial charge >= 0.3 is 0 Å². The van der Waals surface area contributed by atoms with Gasteiger partial charge in [0, 0.05) is 0 Å². The van der Waals surface area contributed by atoms with E-state index in [1.165, 1.54) is 0 Å². The van der Waals surface area contributed by atoms with E-state index >= 15 is 0 Å². The van der Waals surface area contributed by atoms with Gasteiger partial charge < -0.3 is 0 Å². The first-order valence-electron chi connectivity index (χ1n) is 3.52. The molecule has 0 aromatic heterocycles. The van der Waals surface area contributed by atoms with Crippen LogP contribution in [0.4, 0.5) is 14.5 Å². The Bertz CT molecular complexity index is 287. The van der Waals surface area contributed by atoms with Crippen molar-refractivity contribution in [2.75, 3.05) is 5.43 Å². The summed E-state index contributed by atoms with van der Waals surface area (Å²) in [4.78, 5) is 0. The van der Waals surface area contributed by atoms with Gasteiger partial charge in [-0.1, -0.05) is 18.2 Å². The molecular weight excluding hydrogens is 242 g/mol. The highest BCUT2D eigenvalue weighted by Crippen LogP contribution is 2.08. The van der Waals surface area contributed by atoms with E-state index in [-0.39, 0.29) is 0 Å². The number of anilines is 1. The van der Waals surface area contributed by atoms with Crippen LogP contribution in [0.25, 0.3) is 0 Å². The molecule has 70 valence electrons. The van der Waals surface area contributed by atoms with Crippen LogP contribution in [0.5, 0.6) is 0 Å². The highest BCUT2D eigenvalue weighted by Gasteiger charge is 2.07. The molecule has 0 unspecified atom stereocenters. The zero-order valence-corrected chi connectivity index (χ0v) is 8.13. The normalized spacial score (nSPS) is 11.8. The van der Waals surface area contributed by atoms with E-state index in [0.717, 1.165) is 0 Å². The van der Waals surface area contributed by atoms with Gasteiger partial charge in [0.05, 0.1) is 5.69 Å². The molecule has 2 nitrogen and oxygen atoms in total. The minimum absolute atomic E-state index is 0.406. The van der Waals surface area contributed by atoms with Gasteiger partial charge in [0.15, 0.2) is 4.62 Å². The Balaban J connectivity index is 2.57. The maximum absolute atomic E-state index is 11.9. The summed E-state index contributed by atoms with van der Waals surface area (Å²) in [5, 5.41) is 3.43. The molecule has 0 aliphatic rings. The number of hydrazone groups is 1. The van der Waals surface area contributed by atoms with E-state index in [1.54, 1.807) is 24.3 Å². The smallest absolute Gasteiger partial charge is 0.278 e. The predicted molar refractivity (Wildman–Crippen MR) is 52.4 cm³/mol. The molecule has 0 radical (unpaired) electrons. The van der Waals surface area contributed by atoms with E-state index < -0.39 is 11.0 Å². The van der Waals surface area contributed by atoms with Crippen LogP contribution < -0.4 is 5.43 Å². The van der Waals surface area contributed by atoms with Crippen molar-refractivity contribution in [1.29, 1.82) is 0 Å². The lowest BCUT2D eigenvalue weighted by Crippen LogP contribution is -2.04. The molecule has 13 heavy (non-hydrogen) atoms. The quantitative estimate of drug-likeness (QED) is 0.646. The summed E-state index contributed by atoms with van der Waals surface area (Å²) in [6.07, 6.45) is -2.59. The lowest BCUT2D eigenvalue weighted by molar-refractivity contribution is 0.230. The molecule has 0 aliphatic carbocycles. The Hall–Kier alpha value is -0.970. The van der Waals surface area contributed by atoms with E-state index in [0.29, 0.717) is 5.69 Å². The molecule has 5 heteroatoms. The van der Waals surface area contributed by atoms with Gasteiger partial charge in [-0.3, -0.25) is 5.43 Å². The van der Waals surface area contributed by atoms with Gasteiger partial charge in [-0.15, -0.1) is 0 Å². The molecule has 1 N–H and O–H groups in total. The monoisotopic (exact) mass is 248 g/mol. The van der Waals surface area contributed by atoms with Crippen LogP contribution in [0.2, 0.25) is 0 Å². The van der Waals surface area contributed by atoms with Crippen molar-refractivity contribution in [3.63, 3.8) is 0 Å². The van der Waals surface area contributed by atoms with E-state index in [2.05, 4.69) is 26.5 Å². The minimum Gasteiger partial charge on any atom is -0.278 e. The number of benzene rings is 1. The Labute approximate surface area is 82.8 Å². The average Bonchev–Trinajstić information content (AvgIpc) is 2.15. The molecule has 0 saturated carbocycles. The van der Waals surface area contributed by atoms with Gasteiger partial charge in [0.1, 0.15) is 0 Å². The van der Waals surface area contributed by atoms with Crippen LogP contribution in [0.15, 0.2) is 35.4 Å². The second kappa shape index (κ2) is 4.91. The van der Waals surface area contributed by atoms with Gasteiger partial charge in [-0.2, -0.15) is 5.10 Å². The van der Waals surface area contributed by atoms with E-state index in [1.807, 2.05) is 6.07 Å². The number of rotatable bonds is 3. The summed E-state index contributed by atoms with van der Waals surface area (Å²) in [7, 11) is 0. The van der Waals surface area contributed by atoms with Crippen molar-refractivity contribution in [2.45, 2.75) is 6.43 Å². The Morgan fingerprint density at radius 1 is 1.31 bits per heavy atom. The van der Waals surface area contributed by atoms with Crippen LogP contribution in [0.3, 0.4) is 0 Å². The number of alkyl halides is 2. The van der Waals surface area contributed by atoms with Crippen molar-refractivity contribution >= 4 is 26.2 Å². The highest BCUT2D eigenvalue weighted by molar-refractivity contribution is 9.18. The SMILES string of the molecule is FC(F)/C(Br)=N/Nc1ccccc1. The Morgan fingerprint density at radius 2 is 1.92 bits per heavy atom. The summed E-state index contributed by atoms with van der Waals surface area (Å²) in [6, 6.07) is 8.86. The lowest BCUT2D eigenvalue weighted by Gasteiger charge is -2.00. The third-order valence-corrected chi connectivity index (χ3v) is 1.77. The first-order chi connectivity index (χ1) is 6.20. The van der Waals surface area contributed by atoms with E-state index in [4.69, 9.17) is 0 Å². The summed E-state index contributed by atoms with van der Waals surface area (Å²) < 4.78 is 23.4. The molecule has 0 atom stereocenters. The number of nitrogens with zero attached hydrogens (tertiary/aromatic N) is 1. The molecule has 0 aliphatic heterocycles. The third-order valence-electron chi connectivity index (χ3n) is 1.25. The lowest BCUT2D eigenvalue weighted by atomic mass is 10.3. The molecule has 0 heterocycles. The van der Waals surface area contributed by atoms with Crippen molar-refractivity contribution in [3.8, 4) is 0 Å². The van der Waals surface area contributed by atoms with Crippen LogP contribution in [0.1, 0.15) is 0 Å². The number of nitrogens with one attached hydrogen (secondary N) is 1. The molecule has 1 aromatic carbocycles. The second-order valence-corrected chi connectivity index (χ2v) is 3.03. The first kappa shape index (κ1) is 10.1. The number of hydrogen-bond acceptors (Lipinski definition) is 2. The molecule has 0 amide bonds. The van der Waals surface area contributed by atoms with Crippen LogP contribution in [-0.4, -0.2) is 11.0 Å². The summed E-state index contributed by atoms with van der Waals surface area (Å²) in [5.41, 5.74) is 3.15. The Morgan fingerprint density at radius 3 is 2.46 bits per heavy atom. The van der Waals surface area contributed by atoms with Crippen molar-refractivity contribution in [2.24, 2.45) is 5.10 Å². The van der Waals surface area contributed by atoms with Crippen LogP contribution in [-0.2, 0) is 0 Å². The van der Waals surface area contributed by atoms with Gasteiger partial charge in [0.25, 0.3) is 6.43 Å². The van der Waals surface area contributed by atoms with Gasteiger partial charge in [-0.05, 0) is 28.1 Å². The zero-order chi connectivity index (χ0) is 9.68. The molecule has 1 aromatic rings. The maximum Gasteiger partial charge on any atom is 0.288 e. The summed E-state index contributed by atoms with van der Waals surface area (Å²) in [6.45, 7) is 0. The highest BCUT2D eigenvalue weighted by atomic mass is 79.9. The van der Waals surface area contributed by atoms with Crippen molar-refractivity contribution < 1.29 is 8.78 Å². The molecule has 1 rings (SSSR count). The molecule has 0 saturated heterocycles. The average molecular weight is 249 g/mol. The zero-order valence-electron chi connectivity index (χ0n) is 6.55. The van der Waals surface area contributed by atoms with Crippen LogP contribution >= 0.6 is 15.9 Å². The number of hydrogen-bond donors (Lipinski definition) is 1. The fourth-order valence-electron chi connectivity index (χ4n) is 0.679. The molecule has 0 spiro atoms. The predicted octanol–water partition coefficient (Wildman–Crippen LogP) is 3.07. The van der Waals surface area contributed by atoms with Crippen molar-refractivity contribution in [3.05, 3.63) is 30.3 Å². The summed E-state index contributed by atoms with van der Waals surface area (Å²) >= 11 is 2.64. The fourth-order valence-corrected chi connectivity index (χ4v) is 0.768. The second-order valence-electron chi connectivity index (χ2n) is 2.21. The first-order valence-corrected chi connectivity index (χ1v) is 4.31. The largest absolute Gasteiger partial charge is 0.288 e. The Kier molecular flexibility index (Phi) is 3.82. The molecule has 0 fully saturated rings. The maximum atomic E-state index is 11.9. The van der Waals surface area contributed by atoms with Crippen molar-refractivity contribution in [1.82, 2.24) is 0 Å². The van der Waals surface area contributed by atoms with E-state index in [9.17, 15) is 8.78 Å².